The normalized spacial score (nSPS) is 13.5. The fraction of sp³-hybridized carbons (Fsp3) is 0.167. The molecule has 6 heteroatoms. The number of nitrogens with one attached hydrogen (secondary N) is 1. The van der Waals surface area contributed by atoms with Crippen molar-refractivity contribution < 1.29 is 14.3 Å². The van der Waals surface area contributed by atoms with Crippen LogP contribution in [0.4, 0.5) is 15.9 Å². The van der Waals surface area contributed by atoms with Gasteiger partial charge in [0, 0.05) is 30.4 Å². The van der Waals surface area contributed by atoms with Crippen molar-refractivity contribution >= 4 is 28.4 Å². The molecule has 1 saturated carbocycles. The molecule has 0 radical (unpaired) electrons. The Hall–Kier alpha value is -3.67. The predicted octanol–water partition coefficient (Wildman–Crippen LogP) is 5.54. The Kier molecular flexibility index (Phi) is 4.47. The molecule has 0 saturated heterocycles. The first-order valence-corrected chi connectivity index (χ1v) is 9.91. The Bertz CT molecular complexity index is 1250. The zero-order valence-corrected chi connectivity index (χ0v) is 16.2. The van der Waals surface area contributed by atoms with Gasteiger partial charge in [0.15, 0.2) is 0 Å². The second kappa shape index (κ2) is 7.30. The van der Waals surface area contributed by atoms with E-state index < -0.39 is 11.8 Å². The van der Waals surface area contributed by atoms with Gasteiger partial charge in [0.1, 0.15) is 17.2 Å². The number of carboxylic acids is 1. The van der Waals surface area contributed by atoms with Crippen LogP contribution >= 0.6 is 0 Å². The number of pyridine rings is 1. The van der Waals surface area contributed by atoms with Gasteiger partial charge >= 0.3 is 5.97 Å². The number of aromatic nitrogens is 2. The summed E-state index contributed by atoms with van der Waals surface area (Å²) in [5.74, 6) is -1.00. The van der Waals surface area contributed by atoms with Crippen LogP contribution in [0.25, 0.3) is 10.9 Å². The standard InChI is InChI=1S/C24H20FN3O2/c25-20-12-22-17(8-9-28(22)14-15-4-2-1-3-5-15)11-21(20)27-23-19(24(29)30)10-18(13-26-23)16-6-7-16/h1-5,8-13,16H,6-7,14H2,(H,26,27)(H,29,30). The van der Waals surface area contributed by atoms with Gasteiger partial charge in [0.25, 0.3) is 0 Å². The van der Waals surface area contributed by atoms with E-state index in [4.69, 9.17) is 0 Å². The molecule has 0 aliphatic heterocycles. The average molecular weight is 401 g/mol. The van der Waals surface area contributed by atoms with E-state index in [-0.39, 0.29) is 17.1 Å². The zero-order chi connectivity index (χ0) is 20.7. The summed E-state index contributed by atoms with van der Waals surface area (Å²) in [5, 5.41) is 13.3. The molecule has 2 heterocycles. The lowest BCUT2D eigenvalue weighted by atomic mass is 10.1. The minimum absolute atomic E-state index is 0.0561. The number of rotatable bonds is 6. The molecule has 30 heavy (non-hydrogen) atoms. The highest BCUT2D eigenvalue weighted by molar-refractivity contribution is 5.95. The van der Waals surface area contributed by atoms with Crippen LogP contribution in [0.1, 0.15) is 40.2 Å². The molecule has 0 spiro atoms. The largest absolute Gasteiger partial charge is 0.478 e. The van der Waals surface area contributed by atoms with Gasteiger partial charge in [-0.25, -0.2) is 14.2 Å². The lowest BCUT2D eigenvalue weighted by Gasteiger charge is -2.12. The number of carbonyl (C=O) groups is 1. The molecule has 1 fully saturated rings. The van der Waals surface area contributed by atoms with E-state index in [1.807, 2.05) is 47.2 Å². The Morgan fingerprint density at radius 3 is 2.70 bits per heavy atom. The topological polar surface area (TPSA) is 67.2 Å². The molecule has 0 atom stereocenters. The number of nitrogens with zero attached hydrogens (tertiary/aromatic N) is 2. The van der Waals surface area contributed by atoms with Crippen LogP contribution in [0.15, 0.2) is 67.0 Å². The van der Waals surface area contributed by atoms with Gasteiger partial charge in [-0.2, -0.15) is 0 Å². The Labute approximate surface area is 172 Å². The van der Waals surface area contributed by atoms with Crippen molar-refractivity contribution in [2.24, 2.45) is 0 Å². The summed E-state index contributed by atoms with van der Waals surface area (Å²) in [6.07, 6.45) is 5.71. The molecule has 5 nitrogen and oxygen atoms in total. The molecule has 2 N–H and O–H groups in total. The number of aromatic carboxylic acids is 1. The highest BCUT2D eigenvalue weighted by Gasteiger charge is 2.26. The molecular weight excluding hydrogens is 381 g/mol. The number of anilines is 2. The SMILES string of the molecule is O=C(O)c1cc(C2CC2)cnc1Nc1cc2ccn(Cc3ccccc3)c2cc1F. The third kappa shape index (κ3) is 3.52. The summed E-state index contributed by atoms with van der Waals surface area (Å²) in [4.78, 5) is 16.0. The third-order valence-electron chi connectivity index (χ3n) is 5.50. The summed E-state index contributed by atoms with van der Waals surface area (Å²) in [7, 11) is 0. The maximum Gasteiger partial charge on any atom is 0.339 e. The van der Waals surface area contributed by atoms with Gasteiger partial charge in [-0.3, -0.25) is 0 Å². The van der Waals surface area contributed by atoms with Crippen molar-refractivity contribution in [1.29, 1.82) is 0 Å². The van der Waals surface area contributed by atoms with E-state index in [9.17, 15) is 14.3 Å². The first kappa shape index (κ1) is 18.4. The van der Waals surface area contributed by atoms with E-state index in [0.717, 1.165) is 34.9 Å². The summed E-state index contributed by atoms with van der Waals surface area (Å²) in [5.41, 5.74) is 3.09. The van der Waals surface area contributed by atoms with Crippen LogP contribution in [0.2, 0.25) is 0 Å². The molecule has 2 aromatic carbocycles. The van der Waals surface area contributed by atoms with Gasteiger partial charge in [0.2, 0.25) is 0 Å². The predicted molar refractivity (Wildman–Crippen MR) is 114 cm³/mol. The fourth-order valence-electron chi connectivity index (χ4n) is 3.74. The molecule has 1 aliphatic rings. The van der Waals surface area contributed by atoms with Crippen molar-refractivity contribution in [3.63, 3.8) is 0 Å². The van der Waals surface area contributed by atoms with Gasteiger partial charge in [-0.15, -0.1) is 0 Å². The molecule has 1 aliphatic carbocycles. The van der Waals surface area contributed by atoms with E-state index in [1.165, 1.54) is 6.07 Å². The van der Waals surface area contributed by atoms with Gasteiger partial charge in [0.05, 0.1) is 11.2 Å². The third-order valence-corrected chi connectivity index (χ3v) is 5.50. The van der Waals surface area contributed by atoms with E-state index >= 15 is 0 Å². The van der Waals surface area contributed by atoms with Gasteiger partial charge in [-0.1, -0.05) is 30.3 Å². The molecule has 0 unspecified atom stereocenters. The molecule has 0 amide bonds. The van der Waals surface area contributed by atoms with Crippen LogP contribution in [-0.2, 0) is 6.54 Å². The molecule has 4 aromatic rings. The number of halogens is 1. The highest BCUT2D eigenvalue weighted by atomic mass is 19.1. The highest BCUT2D eigenvalue weighted by Crippen LogP contribution is 2.40. The summed E-state index contributed by atoms with van der Waals surface area (Å²) in [6, 6.07) is 16.7. The number of benzene rings is 2. The van der Waals surface area contributed by atoms with E-state index in [1.54, 1.807) is 18.3 Å². The monoisotopic (exact) mass is 401 g/mol. The molecule has 150 valence electrons. The van der Waals surface area contributed by atoms with Crippen molar-refractivity contribution in [2.45, 2.75) is 25.3 Å². The van der Waals surface area contributed by atoms with Crippen molar-refractivity contribution in [1.82, 2.24) is 9.55 Å². The van der Waals surface area contributed by atoms with Gasteiger partial charge in [-0.05, 0) is 48.1 Å². The number of fused-ring (bicyclic) bond motifs is 1. The Morgan fingerprint density at radius 1 is 1.17 bits per heavy atom. The number of hydrogen-bond donors (Lipinski definition) is 2. The summed E-state index contributed by atoms with van der Waals surface area (Å²) in [6.45, 7) is 0.643. The fourth-order valence-corrected chi connectivity index (χ4v) is 3.74. The van der Waals surface area contributed by atoms with Crippen LogP contribution < -0.4 is 5.32 Å². The average Bonchev–Trinajstić information content (AvgIpc) is 3.53. The maximum atomic E-state index is 14.9. The Balaban J connectivity index is 1.47. The van der Waals surface area contributed by atoms with Crippen molar-refractivity contribution in [2.75, 3.05) is 5.32 Å². The number of carboxylic acid groups (broad SMARTS) is 1. The molecule has 5 rings (SSSR count). The first-order valence-electron chi connectivity index (χ1n) is 9.91. The minimum Gasteiger partial charge on any atom is -0.478 e. The minimum atomic E-state index is -1.08. The van der Waals surface area contributed by atoms with Crippen molar-refractivity contribution in [3.8, 4) is 0 Å². The lowest BCUT2D eigenvalue weighted by Crippen LogP contribution is -2.07. The zero-order valence-electron chi connectivity index (χ0n) is 16.2. The van der Waals surface area contributed by atoms with Crippen LogP contribution in [-0.4, -0.2) is 20.6 Å². The Morgan fingerprint density at radius 2 is 1.97 bits per heavy atom. The second-order valence-corrected chi connectivity index (χ2v) is 7.69. The lowest BCUT2D eigenvalue weighted by molar-refractivity contribution is 0.0697. The number of hydrogen-bond acceptors (Lipinski definition) is 3. The first-order chi connectivity index (χ1) is 14.6. The van der Waals surface area contributed by atoms with Crippen LogP contribution in [0, 0.1) is 5.82 Å². The smallest absolute Gasteiger partial charge is 0.339 e. The van der Waals surface area contributed by atoms with Gasteiger partial charge < -0.3 is 15.0 Å². The second-order valence-electron chi connectivity index (χ2n) is 7.69. The van der Waals surface area contributed by atoms with Crippen LogP contribution in [0.3, 0.4) is 0 Å². The summed E-state index contributed by atoms with van der Waals surface area (Å²) >= 11 is 0. The molecule has 0 bridgehead atoms. The summed E-state index contributed by atoms with van der Waals surface area (Å²) < 4.78 is 16.9. The van der Waals surface area contributed by atoms with Crippen LogP contribution in [0.5, 0.6) is 0 Å². The van der Waals surface area contributed by atoms with E-state index in [0.29, 0.717) is 12.5 Å². The quantitative estimate of drug-likeness (QED) is 0.445. The molecular formula is C24H20FN3O2. The van der Waals surface area contributed by atoms with Crippen molar-refractivity contribution in [3.05, 3.63) is 89.5 Å². The van der Waals surface area contributed by atoms with E-state index in [2.05, 4.69) is 10.3 Å². The molecule has 2 aromatic heterocycles. The maximum absolute atomic E-state index is 14.9.